The SMILES string of the molecule is CCCCN1C(=O)C(=O)/C(=C(\O)c2cccc(OCC(C)C)c2)C1c1cccc(OC)c1. The molecule has 0 spiro atoms. The van der Waals surface area contributed by atoms with Gasteiger partial charge in [0.05, 0.1) is 25.3 Å². The molecule has 0 saturated carbocycles. The standard InChI is InChI=1S/C26H31NO5/c1-5-6-13-27-23(18-9-7-11-20(14-18)31-4)22(25(29)26(27)30)24(28)19-10-8-12-21(15-19)32-16-17(2)3/h7-12,14-15,17,23,28H,5-6,13,16H2,1-4H3/b24-22-. The van der Waals surface area contributed by atoms with E-state index in [0.29, 0.717) is 41.7 Å². The summed E-state index contributed by atoms with van der Waals surface area (Å²) in [6.07, 6.45) is 1.63. The van der Waals surface area contributed by atoms with E-state index in [-0.39, 0.29) is 11.3 Å². The molecule has 0 aromatic heterocycles. The van der Waals surface area contributed by atoms with E-state index in [9.17, 15) is 14.7 Å². The van der Waals surface area contributed by atoms with Crippen molar-refractivity contribution in [3.05, 3.63) is 65.2 Å². The predicted molar refractivity (Wildman–Crippen MR) is 124 cm³/mol. The molecular weight excluding hydrogens is 406 g/mol. The van der Waals surface area contributed by atoms with Gasteiger partial charge in [0, 0.05) is 12.1 Å². The summed E-state index contributed by atoms with van der Waals surface area (Å²) in [6.45, 7) is 7.10. The minimum Gasteiger partial charge on any atom is -0.507 e. The predicted octanol–water partition coefficient (Wildman–Crippen LogP) is 4.95. The number of nitrogens with zero attached hydrogens (tertiary/aromatic N) is 1. The van der Waals surface area contributed by atoms with Crippen molar-refractivity contribution in [1.82, 2.24) is 4.90 Å². The van der Waals surface area contributed by atoms with E-state index in [1.54, 1.807) is 48.4 Å². The van der Waals surface area contributed by atoms with Crippen LogP contribution in [0.4, 0.5) is 0 Å². The van der Waals surface area contributed by atoms with Gasteiger partial charge in [0.1, 0.15) is 17.3 Å². The Balaban J connectivity index is 2.10. The van der Waals surface area contributed by atoms with Crippen LogP contribution in [0.3, 0.4) is 0 Å². The molecule has 3 rings (SSSR count). The quantitative estimate of drug-likeness (QED) is 0.341. The first-order valence-electron chi connectivity index (χ1n) is 11.0. The molecule has 0 bridgehead atoms. The highest BCUT2D eigenvalue weighted by molar-refractivity contribution is 6.46. The molecule has 1 saturated heterocycles. The number of Topliss-reactive ketones (excluding diaryl/α,β-unsaturated/α-hetero) is 1. The second-order valence-electron chi connectivity index (χ2n) is 8.36. The molecule has 2 aromatic rings. The summed E-state index contributed by atoms with van der Waals surface area (Å²) in [5.74, 6) is 0.0860. The van der Waals surface area contributed by atoms with E-state index in [2.05, 4.69) is 13.8 Å². The summed E-state index contributed by atoms with van der Waals surface area (Å²) in [5, 5.41) is 11.2. The smallest absolute Gasteiger partial charge is 0.295 e. The second kappa shape index (κ2) is 10.4. The van der Waals surface area contributed by atoms with Crippen LogP contribution in [0.1, 0.15) is 50.8 Å². The van der Waals surface area contributed by atoms with Gasteiger partial charge in [0.15, 0.2) is 0 Å². The minimum atomic E-state index is -0.683. The van der Waals surface area contributed by atoms with Crippen LogP contribution >= 0.6 is 0 Å². The van der Waals surface area contributed by atoms with Crippen molar-refractivity contribution in [3.8, 4) is 11.5 Å². The van der Waals surface area contributed by atoms with Crippen LogP contribution in [0.5, 0.6) is 11.5 Å². The Morgan fingerprint density at radius 3 is 2.50 bits per heavy atom. The fourth-order valence-electron chi connectivity index (χ4n) is 3.75. The number of carbonyl (C=O) groups is 2. The summed E-state index contributed by atoms with van der Waals surface area (Å²) in [5.41, 5.74) is 1.24. The molecule has 0 radical (unpaired) electrons. The topological polar surface area (TPSA) is 76.1 Å². The van der Waals surface area contributed by atoms with Gasteiger partial charge in [-0.1, -0.05) is 51.5 Å². The number of hydrogen-bond acceptors (Lipinski definition) is 5. The Kier molecular flexibility index (Phi) is 7.57. The zero-order valence-corrected chi connectivity index (χ0v) is 19.1. The van der Waals surface area contributed by atoms with Gasteiger partial charge in [-0.2, -0.15) is 0 Å². The van der Waals surface area contributed by atoms with Crippen molar-refractivity contribution in [2.75, 3.05) is 20.3 Å². The number of likely N-dealkylation sites (tertiary alicyclic amines) is 1. The Morgan fingerprint density at radius 1 is 1.09 bits per heavy atom. The van der Waals surface area contributed by atoms with Crippen LogP contribution in [0, 0.1) is 5.92 Å². The van der Waals surface area contributed by atoms with Crippen molar-refractivity contribution in [1.29, 1.82) is 0 Å². The van der Waals surface area contributed by atoms with E-state index in [1.807, 2.05) is 19.1 Å². The zero-order valence-electron chi connectivity index (χ0n) is 19.1. The lowest BCUT2D eigenvalue weighted by atomic mass is 9.95. The van der Waals surface area contributed by atoms with Gasteiger partial charge in [-0.15, -0.1) is 0 Å². The fourth-order valence-corrected chi connectivity index (χ4v) is 3.75. The molecule has 0 aliphatic carbocycles. The number of ketones is 1. The van der Waals surface area contributed by atoms with Gasteiger partial charge in [0.25, 0.3) is 11.7 Å². The van der Waals surface area contributed by atoms with Crippen molar-refractivity contribution in [2.24, 2.45) is 5.92 Å². The molecule has 1 unspecified atom stereocenters. The number of benzene rings is 2. The monoisotopic (exact) mass is 437 g/mol. The van der Waals surface area contributed by atoms with E-state index in [4.69, 9.17) is 9.47 Å². The van der Waals surface area contributed by atoms with Crippen molar-refractivity contribution < 1.29 is 24.2 Å². The number of aliphatic hydroxyl groups excluding tert-OH is 1. The Hall–Kier alpha value is -3.28. The molecule has 1 aliphatic heterocycles. The molecule has 1 atom stereocenters. The van der Waals surface area contributed by atoms with Crippen LogP contribution in [0.25, 0.3) is 5.76 Å². The van der Waals surface area contributed by atoms with Crippen molar-refractivity contribution in [3.63, 3.8) is 0 Å². The van der Waals surface area contributed by atoms with Crippen LogP contribution in [-0.4, -0.2) is 42.0 Å². The van der Waals surface area contributed by atoms with Gasteiger partial charge in [-0.25, -0.2) is 0 Å². The molecule has 6 heteroatoms. The van der Waals surface area contributed by atoms with Crippen molar-refractivity contribution in [2.45, 2.75) is 39.7 Å². The number of hydrogen-bond donors (Lipinski definition) is 1. The van der Waals surface area contributed by atoms with Gasteiger partial charge in [-0.3, -0.25) is 9.59 Å². The maximum atomic E-state index is 13.1. The third-order valence-corrected chi connectivity index (χ3v) is 5.39. The van der Waals surface area contributed by atoms with E-state index in [0.717, 1.165) is 12.8 Å². The first kappa shape index (κ1) is 23.4. The van der Waals surface area contributed by atoms with Crippen LogP contribution < -0.4 is 9.47 Å². The van der Waals surface area contributed by atoms with Crippen LogP contribution in [0.15, 0.2) is 54.1 Å². The molecule has 32 heavy (non-hydrogen) atoms. The third-order valence-electron chi connectivity index (χ3n) is 5.39. The summed E-state index contributed by atoms with van der Waals surface area (Å²) in [4.78, 5) is 27.5. The first-order chi connectivity index (χ1) is 15.4. The number of methoxy groups -OCH3 is 1. The molecule has 1 N–H and O–H groups in total. The fraction of sp³-hybridized carbons (Fsp3) is 0.385. The number of carbonyl (C=O) groups excluding carboxylic acids is 2. The number of ether oxygens (including phenoxy) is 2. The second-order valence-corrected chi connectivity index (χ2v) is 8.36. The molecular formula is C26H31NO5. The highest BCUT2D eigenvalue weighted by Crippen LogP contribution is 2.40. The third kappa shape index (κ3) is 4.96. The summed E-state index contributed by atoms with van der Waals surface area (Å²) in [6, 6.07) is 13.5. The first-order valence-corrected chi connectivity index (χ1v) is 11.0. The lowest BCUT2D eigenvalue weighted by Crippen LogP contribution is -2.30. The Labute approximate surface area is 189 Å². The maximum absolute atomic E-state index is 13.1. The average Bonchev–Trinajstić information content (AvgIpc) is 3.06. The Morgan fingerprint density at radius 2 is 1.81 bits per heavy atom. The summed E-state index contributed by atoms with van der Waals surface area (Å²) in [7, 11) is 1.57. The molecule has 1 aliphatic rings. The number of unbranched alkanes of at least 4 members (excludes halogenated alkanes) is 1. The lowest BCUT2D eigenvalue weighted by molar-refractivity contribution is -0.139. The van der Waals surface area contributed by atoms with Gasteiger partial charge >= 0.3 is 0 Å². The highest BCUT2D eigenvalue weighted by atomic mass is 16.5. The molecule has 1 amide bonds. The summed E-state index contributed by atoms with van der Waals surface area (Å²) < 4.78 is 11.1. The summed E-state index contributed by atoms with van der Waals surface area (Å²) >= 11 is 0. The van der Waals surface area contributed by atoms with Gasteiger partial charge < -0.3 is 19.5 Å². The van der Waals surface area contributed by atoms with E-state index < -0.39 is 17.7 Å². The lowest BCUT2D eigenvalue weighted by Gasteiger charge is -2.25. The maximum Gasteiger partial charge on any atom is 0.295 e. The molecule has 1 fully saturated rings. The largest absolute Gasteiger partial charge is 0.507 e. The highest BCUT2D eigenvalue weighted by Gasteiger charge is 2.45. The van der Waals surface area contributed by atoms with E-state index >= 15 is 0 Å². The number of aliphatic hydroxyl groups is 1. The molecule has 170 valence electrons. The van der Waals surface area contributed by atoms with Crippen LogP contribution in [-0.2, 0) is 9.59 Å². The molecule has 1 heterocycles. The van der Waals surface area contributed by atoms with Crippen molar-refractivity contribution >= 4 is 17.4 Å². The zero-order chi connectivity index (χ0) is 23.3. The van der Waals surface area contributed by atoms with E-state index in [1.165, 1.54) is 0 Å². The normalized spacial score (nSPS) is 17.8. The van der Waals surface area contributed by atoms with Gasteiger partial charge in [-0.05, 0) is 42.2 Å². The number of rotatable bonds is 9. The molecule has 2 aromatic carbocycles. The van der Waals surface area contributed by atoms with Crippen LogP contribution in [0.2, 0.25) is 0 Å². The minimum absolute atomic E-state index is 0.0837. The molecule has 6 nitrogen and oxygen atoms in total. The number of amides is 1. The van der Waals surface area contributed by atoms with Gasteiger partial charge in [0.2, 0.25) is 0 Å². The average molecular weight is 438 g/mol. The Bertz CT molecular complexity index is 1010.